The Hall–Kier alpha value is -3.49. The highest BCUT2D eigenvalue weighted by Gasteiger charge is 2.40. The number of amides is 2. The number of carbonyl (C=O) groups excluding carboxylic acids is 3. The second-order valence-corrected chi connectivity index (χ2v) is 9.66. The zero-order valence-corrected chi connectivity index (χ0v) is 20.4. The molecule has 1 aliphatic carbocycles. The van der Waals surface area contributed by atoms with Crippen LogP contribution in [0, 0.1) is 35.5 Å². The van der Waals surface area contributed by atoms with Gasteiger partial charge in [-0.1, -0.05) is 11.8 Å². The molecule has 2 amide bonds. The first-order chi connectivity index (χ1) is 15.9. The van der Waals surface area contributed by atoms with Crippen LogP contribution in [0.15, 0.2) is 24.3 Å². The van der Waals surface area contributed by atoms with Gasteiger partial charge in [0.2, 0.25) is 0 Å². The number of rotatable bonds is 6. The molecule has 1 aliphatic rings. The van der Waals surface area contributed by atoms with Crippen LogP contribution in [-0.2, 0) is 14.3 Å². The maximum absolute atomic E-state index is 12.8. The zero-order chi connectivity index (χ0) is 25.5. The number of aliphatic hydroxyl groups excluding tert-OH is 1. The lowest BCUT2D eigenvalue weighted by Crippen LogP contribution is -2.62. The predicted octanol–water partition coefficient (Wildman–Crippen LogP) is 2.24. The first kappa shape index (κ1) is 26.8. The van der Waals surface area contributed by atoms with Crippen LogP contribution < -0.4 is 10.6 Å². The van der Waals surface area contributed by atoms with Gasteiger partial charge in [-0.25, -0.2) is 9.59 Å². The first-order valence-corrected chi connectivity index (χ1v) is 11.0. The summed E-state index contributed by atoms with van der Waals surface area (Å²) in [5.41, 5.74) is -0.939. The molecule has 0 saturated heterocycles. The minimum Gasteiger partial charge on any atom is -0.467 e. The lowest BCUT2D eigenvalue weighted by Gasteiger charge is -2.34. The van der Waals surface area contributed by atoms with Crippen LogP contribution >= 0.6 is 0 Å². The Labute approximate surface area is 200 Å². The number of methoxy groups -OCH3 is 1. The number of nitrogens with one attached hydrogen (secondary N) is 2. The molecule has 8 heteroatoms. The number of carbonyl (C=O) groups is 3. The van der Waals surface area contributed by atoms with E-state index in [0.29, 0.717) is 11.1 Å². The highest BCUT2D eigenvalue weighted by atomic mass is 16.6. The maximum atomic E-state index is 12.8. The topological polar surface area (TPSA) is 114 Å². The van der Waals surface area contributed by atoms with Gasteiger partial charge in [-0.3, -0.25) is 4.79 Å². The number of hydrogen-bond acceptors (Lipinski definition) is 6. The van der Waals surface area contributed by atoms with Crippen molar-refractivity contribution in [2.75, 3.05) is 13.7 Å². The van der Waals surface area contributed by atoms with E-state index in [1.165, 1.54) is 7.11 Å². The molecule has 1 unspecified atom stereocenters. The van der Waals surface area contributed by atoms with Crippen molar-refractivity contribution in [2.24, 2.45) is 11.8 Å². The van der Waals surface area contributed by atoms with Crippen molar-refractivity contribution in [3.05, 3.63) is 35.4 Å². The lowest BCUT2D eigenvalue weighted by atomic mass is 9.94. The van der Waals surface area contributed by atoms with Gasteiger partial charge >= 0.3 is 12.1 Å². The molecule has 1 fully saturated rings. The molecular weight excluding hydrogens is 436 g/mol. The van der Waals surface area contributed by atoms with Gasteiger partial charge in [0.25, 0.3) is 5.91 Å². The summed E-state index contributed by atoms with van der Waals surface area (Å²) in [5.74, 6) is 10.7. The second kappa shape index (κ2) is 11.1. The molecule has 8 nitrogen and oxygen atoms in total. The SMILES string of the molecule is COC(=O)[C@@H](NC(=O)c1ccc(C#CC#CC2C[C@H]2CO)cc1)C(C)(C)NC(=O)OC(C)(C)C. The minimum absolute atomic E-state index is 0.154. The molecule has 182 valence electrons. The van der Waals surface area contributed by atoms with Crippen molar-refractivity contribution < 1.29 is 29.0 Å². The number of benzene rings is 1. The van der Waals surface area contributed by atoms with Crippen molar-refractivity contribution in [3.63, 3.8) is 0 Å². The number of aliphatic hydroxyl groups is 1. The number of ether oxygens (including phenoxy) is 2. The van der Waals surface area contributed by atoms with Crippen LogP contribution in [0.25, 0.3) is 0 Å². The van der Waals surface area contributed by atoms with Crippen LogP contribution in [0.5, 0.6) is 0 Å². The molecule has 0 aliphatic heterocycles. The normalized spacial score (nSPS) is 17.6. The Morgan fingerprint density at radius 1 is 1.12 bits per heavy atom. The molecule has 3 N–H and O–H groups in total. The summed E-state index contributed by atoms with van der Waals surface area (Å²) in [7, 11) is 1.20. The monoisotopic (exact) mass is 468 g/mol. The summed E-state index contributed by atoms with van der Waals surface area (Å²) in [6, 6.07) is 5.34. The lowest BCUT2D eigenvalue weighted by molar-refractivity contribution is -0.144. The smallest absolute Gasteiger partial charge is 0.408 e. The highest BCUT2D eigenvalue weighted by molar-refractivity contribution is 5.97. The summed E-state index contributed by atoms with van der Waals surface area (Å²) < 4.78 is 10.1. The molecule has 0 heterocycles. The molecule has 0 radical (unpaired) electrons. The van der Waals surface area contributed by atoms with E-state index in [-0.39, 0.29) is 18.4 Å². The predicted molar refractivity (Wildman–Crippen MR) is 126 cm³/mol. The van der Waals surface area contributed by atoms with Crippen molar-refractivity contribution in [3.8, 4) is 23.7 Å². The van der Waals surface area contributed by atoms with E-state index in [9.17, 15) is 14.4 Å². The highest BCUT2D eigenvalue weighted by Crippen LogP contribution is 2.36. The third-order valence-electron chi connectivity index (χ3n) is 5.09. The molecule has 0 bridgehead atoms. The molecule has 1 saturated carbocycles. The fraction of sp³-hybridized carbons (Fsp3) is 0.500. The van der Waals surface area contributed by atoms with E-state index in [0.717, 1.165) is 6.42 Å². The average molecular weight is 469 g/mol. The zero-order valence-electron chi connectivity index (χ0n) is 20.4. The van der Waals surface area contributed by atoms with Crippen LogP contribution in [0.4, 0.5) is 4.79 Å². The van der Waals surface area contributed by atoms with Gasteiger partial charge in [0.1, 0.15) is 11.6 Å². The fourth-order valence-electron chi connectivity index (χ4n) is 3.07. The Morgan fingerprint density at radius 3 is 2.29 bits per heavy atom. The maximum Gasteiger partial charge on any atom is 0.408 e. The van der Waals surface area contributed by atoms with E-state index in [1.54, 1.807) is 58.9 Å². The van der Waals surface area contributed by atoms with Crippen LogP contribution in [0.2, 0.25) is 0 Å². The van der Waals surface area contributed by atoms with Gasteiger partial charge in [-0.15, -0.1) is 0 Å². The molecular formula is C26H32N2O6. The summed E-state index contributed by atoms with van der Waals surface area (Å²) in [6.45, 7) is 8.49. The molecule has 0 spiro atoms. The minimum atomic E-state index is -1.20. The van der Waals surface area contributed by atoms with Gasteiger partial charge in [0, 0.05) is 23.7 Å². The molecule has 3 atom stereocenters. The molecule has 2 rings (SSSR count). The molecule has 1 aromatic rings. The van der Waals surface area contributed by atoms with Gasteiger partial charge in [-0.05, 0) is 83.1 Å². The van der Waals surface area contributed by atoms with Gasteiger partial charge in [0.05, 0.1) is 12.6 Å². The third kappa shape index (κ3) is 8.13. The summed E-state index contributed by atoms with van der Waals surface area (Å²) in [4.78, 5) is 37.5. The van der Waals surface area contributed by atoms with Gasteiger partial charge in [-0.2, -0.15) is 0 Å². The first-order valence-electron chi connectivity index (χ1n) is 11.0. The average Bonchev–Trinajstić information content (AvgIpc) is 3.51. The standard InChI is InChI=1S/C26H32N2O6/c1-25(2,3)34-24(32)28-26(4,5)21(23(31)33-6)27-22(30)18-13-11-17(12-14-18)9-7-8-10-19-15-20(19)16-29/h11-14,19-21,29H,15-16H2,1-6H3,(H,27,30)(H,28,32)/t19?,20-,21+/m0/s1. The van der Waals surface area contributed by atoms with Crippen molar-refractivity contribution in [2.45, 2.75) is 58.2 Å². The van der Waals surface area contributed by atoms with Crippen LogP contribution in [-0.4, -0.2) is 54.0 Å². The number of esters is 1. The molecule has 1 aromatic carbocycles. The summed E-state index contributed by atoms with van der Waals surface area (Å²) >= 11 is 0. The van der Waals surface area contributed by atoms with Crippen LogP contribution in [0.3, 0.4) is 0 Å². The van der Waals surface area contributed by atoms with E-state index in [4.69, 9.17) is 14.6 Å². The van der Waals surface area contributed by atoms with Crippen molar-refractivity contribution in [1.29, 1.82) is 0 Å². The van der Waals surface area contributed by atoms with Crippen LogP contribution in [0.1, 0.15) is 57.0 Å². The number of hydrogen-bond donors (Lipinski definition) is 3. The quantitative estimate of drug-likeness (QED) is 0.436. The van der Waals surface area contributed by atoms with Gasteiger partial charge < -0.3 is 25.2 Å². The Kier molecular flexibility index (Phi) is 8.73. The Morgan fingerprint density at radius 2 is 1.76 bits per heavy atom. The van der Waals surface area contributed by atoms with Crippen molar-refractivity contribution in [1.82, 2.24) is 10.6 Å². The Balaban J connectivity index is 2.06. The third-order valence-corrected chi connectivity index (χ3v) is 5.09. The van der Waals surface area contributed by atoms with Gasteiger partial charge in [0.15, 0.2) is 0 Å². The summed E-state index contributed by atoms with van der Waals surface area (Å²) in [5, 5.41) is 14.3. The van der Waals surface area contributed by atoms with E-state index in [2.05, 4.69) is 34.3 Å². The largest absolute Gasteiger partial charge is 0.467 e. The fourth-order valence-corrected chi connectivity index (χ4v) is 3.07. The van der Waals surface area contributed by atoms with E-state index in [1.807, 2.05) is 0 Å². The number of alkyl carbamates (subject to hydrolysis) is 1. The van der Waals surface area contributed by atoms with E-state index >= 15 is 0 Å². The molecule has 0 aromatic heterocycles. The van der Waals surface area contributed by atoms with E-state index < -0.39 is 35.2 Å². The summed E-state index contributed by atoms with van der Waals surface area (Å²) in [6.07, 6.45) is 0.186. The second-order valence-electron chi connectivity index (χ2n) is 9.66. The Bertz CT molecular complexity index is 1030. The van der Waals surface area contributed by atoms with Crippen molar-refractivity contribution >= 4 is 18.0 Å². The molecule has 34 heavy (non-hydrogen) atoms.